The third-order valence-corrected chi connectivity index (χ3v) is 4.28. The van der Waals surface area contributed by atoms with E-state index in [2.05, 4.69) is 4.90 Å². The lowest BCUT2D eigenvalue weighted by molar-refractivity contribution is -0.133. The lowest BCUT2D eigenvalue weighted by Gasteiger charge is -2.26. The first-order valence-corrected chi connectivity index (χ1v) is 8.25. The fourth-order valence-corrected chi connectivity index (χ4v) is 2.89. The lowest BCUT2D eigenvalue weighted by Crippen LogP contribution is -2.35. The highest BCUT2D eigenvalue weighted by molar-refractivity contribution is 5.76. The Morgan fingerprint density at radius 1 is 1.00 bits per heavy atom. The van der Waals surface area contributed by atoms with Crippen molar-refractivity contribution in [2.45, 2.75) is 76.7 Å². The van der Waals surface area contributed by atoms with Crippen molar-refractivity contribution in [3.63, 3.8) is 0 Å². The second kappa shape index (κ2) is 8.57. The van der Waals surface area contributed by atoms with E-state index in [4.69, 9.17) is 4.74 Å². The number of epoxide rings is 1. The molecule has 2 heterocycles. The van der Waals surface area contributed by atoms with Crippen LogP contribution in [0.4, 0.5) is 0 Å². The molecule has 2 rings (SSSR count). The zero-order valence-electron chi connectivity index (χ0n) is 12.2. The second-order valence-corrected chi connectivity index (χ2v) is 6.06. The number of ether oxygens (including phenoxy) is 1. The zero-order valence-corrected chi connectivity index (χ0v) is 12.2. The van der Waals surface area contributed by atoms with Crippen LogP contribution in [0.25, 0.3) is 0 Å². The highest BCUT2D eigenvalue weighted by atomic mass is 16.6. The number of hydrogen-bond acceptors (Lipinski definition) is 2. The van der Waals surface area contributed by atoms with Gasteiger partial charge in [-0.1, -0.05) is 38.5 Å². The van der Waals surface area contributed by atoms with Crippen molar-refractivity contribution in [3.05, 3.63) is 0 Å². The number of amides is 1. The van der Waals surface area contributed by atoms with Gasteiger partial charge >= 0.3 is 0 Å². The molecular weight excluding hydrogens is 238 g/mol. The van der Waals surface area contributed by atoms with Crippen LogP contribution < -0.4 is 0 Å². The first kappa shape index (κ1) is 14.8. The van der Waals surface area contributed by atoms with E-state index in [0.29, 0.717) is 12.0 Å². The van der Waals surface area contributed by atoms with Gasteiger partial charge in [0.25, 0.3) is 0 Å². The van der Waals surface area contributed by atoms with Crippen molar-refractivity contribution in [2.75, 3.05) is 19.7 Å². The molecule has 0 aliphatic carbocycles. The number of rotatable bonds is 10. The lowest BCUT2D eigenvalue weighted by atomic mass is 10.1. The Morgan fingerprint density at radius 2 is 1.68 bits per heavy atom. The van der Waals surface area contributed by atoms with Gasteiger partial charge in [-0.3, -0.25) is 4.79 Å². The van der Waals surface area contributed by atoms with Gasteiger partial charge in [0, 0.05) is 19.5 Å². The quantitative estimate of drug-likeness (QED) is 0.448. The number of nitrogens with zero attached hydrogens (tertiary/aromatic N) is 1. The van der Waals surface area contributed by atoms with Crippen molar-refractivity contribution >= 4 is 5.91 Å². The normalized spacial score (nSPS) is 22.8. The average molecular weight is 267 g/mol. The third kappa shape index (κ3) is 6.42. The molecular formula is C16H29NO2. The number of hydrogen-bond donors (Lipinski definition) is 0. The van der Waals surface area contributed by atoms with Gasteiger partial charge in [-0.2, -0.15) is 0 Å². The van der Waals surface area contributed by atoms with Crippen LogP contribution in [-0.4, -0.2) is 36.6 Å². The molecule has 0 aromatic carbocycles. The van der Waals surface area contributed by atoms with Crippen LogP contribution in [0.3, 0.4) is 0 Å². The van der Waals surface area contributed by atoms with Gasteiger partial charge in [-0.05, 0) is 25.7 Å². The summed E-state index contributed by atoms with van der Waals surface area (Å²) in [5.74, 6) is 0.383. The maximum Gasteiger partial charge on any atom is 0.222 e. The van der Waals surface area contributed by atoms with Crippen LogP contribution in [0, 0.1) is 0 Å². The van der Waals surface area contributed by atoms with Gasteiger partial charge < -0.3 is 9.64 Å². The maximum atomic E-state index is 11.6. The molecule has 19 heavy (non-hydrogen) atoms. The van der Waals surface area contributed by atoms with Gasteiger partial charge in [0.1, 0.15) is 0 Å². The van der Waals surface area contributed by atoms with Gasteiger partial charge in [-0.25, -0.2) is 0 Å². The maximum absolute atomic E-state index is 11.6. The van der Waals surface area contributed by atoms with Crippen LogP contribution in [0.5, 0.6) is 0 Å². The first-order valence-electron chi connectivity index (χ1n) is 8.25. The summed E-state index contributed by atoms with van der Waals surface area (Å²) >= 11 is 0. The molecule has 2 aliphatic heterocycles. The molecule has 2 fully saturated rings. The van der Waals surface area contributed by atoms with Crippen molar-refractivity contribution < 1.29 is 9.53 Å². The molecule has 1 atom stereocenters. The van der Waals surface area contributed by atoms with Gasteiger partial charge in [0.05, 0.1) is 12.7 Å². The molecule has 0 N–H and O–H groups in total. The standard InChI is InChI=1S/C16H29NO2/c18-16-11-7-9-13-17(16)12-8-5-3-1-2-4-6-10-15-14-19-15/h15H,1-14H2. The van der Waals surface area contributed by atoms with Crippen LogP contribution in [-0.2, 0) is 9.53 Å². The third-order valence-electron chi connectivity index (χ3n) is 4.28. The van der Waals surface area contributed by atoms with E-state index >= 15 is 0 Å². The summed E-state index contributed by atoms with van der Waals surface area (Å²) in [6, 6.07) is 0. The average Bonchev–Trinajstić information content (AvgIpc) is 3.23. The number of likely N-dealkylation sites (tertiary alicyclic amines) is 1. The molecule has 0 radical (unpaired) electrons. The topological polar surface area (TPSA) is 32.8 Å². The number of carbonyl (C=O) groups is 1. The van der Waals surface area contributed by atoms with E-state index < -0.39 is 0 Å². The van der Waals surface area contributed by atoms with Crippen LogP contribution in [0.2, 0.25) is 0 Å². The highest BCUT2D eigenvalue weighted by Crippen LogP contribution is 2.18. The number of piperidine rings is 1. The van der Waals surface area contributed by atoms with Crippen molar-refractivity contribution in [1.29, 1.82) is 0 Å². The van der Waals surface area contributed by atoms with Crippen LogP contribution in [0.1, 0.15) is 70.6 Å². The van der Waals surface area contributed by atoms with E-state index in [1.54, 1.807) is 0 Å². The summed E-state index contributed by atoms with van der Waals surface area (Å²) in [6.45, 7) is 3.01. The van der Waals surface area contributed by atoms with Crippen molar-refractivity contribution in [2.24, 2.45) is 0 Å². The Bertz CT molecular complexity index is 263. The summed E-state index contributed by atoms with van der Waals surface area (Å²) in [5.41, 5.74) is 0. The monoisotopic (exact) mass is 267 g/mol. The highest BCUT2D eigenvalue weighted by Gasteiger charge is 2.20. The number of carbonyl (C=O) groups excluding carboxylic acids is 1. The van der Waals surface area contributed by atoms with Crippen LogP contribution in [0.15, 0.2) is 0 Å². The summed E-state index contributed by atoms with van der Waals surface area (Å²) in [5, 5.41) is 0. The Labute approximate surface area is 117 Å². The molecule has 1 amide bonds. The predicted octanol–water partition coefficient (Wildman–Crippen LogP) is 3.52. The first-order chi connectivity index (χ1) is 9.36. The van der Waals surface area contributed by atoms with E-state index in [9.17, 15) is 4.79 Å². The van der Waals surface area contributed by atoms with Gasteiger partial charge in [0.15, 0.2) is 0 Å². The summed E-state index contributed by atoms with van der Waals surface area (Å²) < 4.78 is 5.20. The molecule has 0 saturated carbocycles. The van der Waals surface area contributed by atoms with E-state index in [1.165, 1.54) is 57.8 Å². The predicted molar refractivity (Wildman–Crippen MR) is 77.1 cm³/mol. The molecule has 0 aromatic heterocycles. The Morgan fingerprint density at radius 3 is 2.37 bits per heavy atom. The molecule has 0 bridgehead atoms. The summed E-state index contributed by atoms with van der Waals surface area (Å²) in [7, 11) is 0. The molecule has 0 aromatic rings. The number of unbranched alkanes of at least 4 members (excludes halogenated alkanes) is 6. The summed E-state index contributed by atoms with van der Waals surface area (Å²) in [6.07, 6.45) is 14.2. The van der Waals surface area contributed by atoms with Gasteiger partial charge in [0.2, 0.25) is 5.91 Å². The minimum absolute atomic E-state index is 0.383. The molecule has 2 saturated heterocycles. The minimum Gasteiger partial charge on any atom is -0.373 e. The van der Waals surface area contributed by atoms with Crippen molar-refractivity contribution in [1.82, 2.24) is 4.90 Å². The van der Waals surface area contributed by atoms with E-state index in [-0.39, 0.29) is 0 Å². The zero-order chi connectivity index (χ0) is 13.3. The molecule has 0 spiro atoms. The van der Waals surface area contributed by atoms with E-state index in [0.717, 1.165) is 32.5 Å². The minimum atomic E-state index is 0.383. The largest absolute Gasteiger partial charge is 0.373 e. The Balaban J connectivity index is 1.34. The van der Waals surface area contributed by atoms with Gasteiger partial charge in [-0.15, -0.1) is 0 Å². The molecule has 110 valence electrons. The summed E-state index contributed by atoms with van der Waals surface area (Å²) in [4.78, 5) is 13.7. The second-order valence-electron chi connectivity index (χ2n) is 6.06. The molecule has 2 aliphatic rings. The molecule has 1 unspecified atom stereocenters. The SMILES string of the molecule is O=C1CCCCN1CCCCCCCCCC1CO1. The smallest absolute Gasteiger partial charge is 0.222 e. The van der Waals surface area contributed by atoms with Crippen LogP contribution >= 0.6 is 0 Å². The van der Waals surface area contributed by atoms with Crippen molar-refractivity contribution in [3.8, 4) is 0 Å². The fourth-order valence-electron chi connectivity index (χ4n) is 2.89. The molecule has 3 heteroatoms. The Kier molecular flexibility index (Phi) is 6.69. The Hall–Kier alpha value is -0.570. The fraction of sp³-hybridized carbons (Fsp3) is 0.938. The van der Waals surface area contributed by atoms with E-state index in [1.807, 2.05) is 0 Å². The molecule has 3 nitrogen and oxygen atoms in total.